The first-order chi connectivity index (χ1) is 18.0. The van der Waals surface area contributed by atoms with Crippen LogP contribution < -0.4 is 10.6 Å². The quantitative estimate of drug-likeness (QED) is 0.437. The number of hydrogen-bond donors (Lipinski definition) is 3. The number of aliphatic hydroxyl groups is 1. The molecule has 2 aliphatic rings. The van der Waals surface area contributed by atoms with Crippen molar-refractivity contribution in [1.82, 2.24) is 15.2 Å². The molecule has 1 saturated carbocycles. The predicted octanol–water partition coefficient (Wildman–Crippen LogP) is 5.32. The first-order valence-electron chi connectivity index (χ1n) is 14.3. The highest BCUT2D eigenvalue weighted by Crippen LogP contribution is 2.34. The lowest BCUT2D eigenvalue weighted by Gasteiger charge is -2.25. The molecule has 2 aromatic rings. The molecule has 1 aromatic heterocycles. The van der Waals surface area contributed by atoms with Crippen LogP contribution in [0, 0.1) is 12.8 Å². The van der Waals surface area contributed by atoms with E-state index in [0.717, 1.165) is 36.3 Å². The van der Waals surface area contributed by atoms with Crippen LogP contribution in [-0.4, -0.2) is 46.8 Å². The molecule has 0 radical (unpaired) electrons. The Morgan fingerprint density at radius 1 is 1.03 bits per heavy atom. The number of benzene rings is 1. The van der Waals surface area contributed by atoms with E-state index in [1.54, 1.807) is 19.9 Å². The molecule has 7 nitrogen and oxygen atoms in total. The maximum Gasteiger partial charge on any atom is 0.253 e. The Hall–Kier alpha value is -2.64. The van der Waals surface area contributed by atoms with E-state index in [0.29, 0.717) is 35.8 Å². The third kappa shape index (κ3) is 6.86. The lowest BCUT2D eigenvalue weighted by atomic mass is 9.89. The minimum Gasteiger partial charge on any atom is -0.386 e. The van der Waals surface area contributed by atoms with Crippen LogP contribution >= 0.6 is 0 Å². The van der Waals surface area contributed by atoms with Crippen LogP contribution in [0.4, 0.5) is 0 Å². The lowest BCUT2D eigenvalue weighted by Crippen LogP contribution is -2.39. The molecule has 7 heteroatoms. The highest BCUT2D eigenvalue weighted by Gasteiger charge is 2.26. The molecule has 1 aliphatic heterocycles. The number of amides is 2. The maximum atomic E-state index is 13.5. The summed E-state index contributed by atoms with van der Waals surface area (Å²) in [5.74, 6) is 0.322. The fourth-order valence-corrected chi connectivity index (χ4v) is 5.69. The number of carbonyl (C=O) groups is 2. The van der Waals surface area contributed by atoms with Crippen LogP contribution in [0.25, 0.3) is 11.3 Å². The van der Waals surface area contributed by atoms with Gasteiger partial charge in [0, 0.05) is 48.8 Å². The number of ether oxygens (including phenoxy) is 1. The number of aromatic nitrogens is 1. The summed E-state index contributed by atoms with van der Waals surface area (Å²) in [6.07, 6.45) is 7.79. The highest BCUT2D eigenvalue weighted by atomic mass is 16.5. The summed E-state index contributed by atoms with van der Waals surface area (Å²) >= 11 is 0. The van der Waals surface area contributed by atoms with E-state index in [1.807, 2.05) is 39.0 Å². The molecule has 2 amide bonds. The summed E-state index contributed by atoms with van der Waals surface area (Å²) in [6, 6.07) is 7.69. The number of nitrogens with zero attached hydrogens (tertiary/aromatic N) is 1. The van der Waals surface area contributed by atoms with Crippen LogP contribution in [0.2, 0.25) is 0 Å². The molecule has 2 heterocycles. The molecule has 38 heavy (non-hydrogen) atoms. The summed E-state index contributed by atoms with van der Waals surface area (Å²) < 4.78 is 7.73. The van der Waals surface area contributed by atoms with Gasteiger partial charge in [-0.2, -0.15) is 0 Å². The van der Waals surface area contributed by atoms with Crippen molar-refractivity contribution in [2.24, 2.45) is 5.92 Å². The Morgan fingerprint density at radius 2 is 1.71 bits per heavy atom. The normalized spacial score (nSPS) is 17.6. The van der Waals surface area contributed by atoms with Crippen molar-refractivity contribution in [3.05, 3.63) is 46.6 Å². The van der Waals surface area contributed by atoms with Crippen LogP contribution in [-0.2, 0) is 16.9 Å². The van der Waals surface area contributed by atoms with Crippen molar-refractivity contribution >= 4 is 11.8 Å². The van der Waals surface area contributed by atoms with E-state index >= 15 is 0 Å². The Morgan fingerprint density at radius 3 is 2.34 bits per heavy atom. The van der Waals surface area contributed by atoms with Gasteiger partial charge in [0.25, 0.3) is 11.8 Å². The van der Waals surface area contributed by atoms with E-state index in [4.69, 9.17) is 4.74 Å². The van der Waals surface area contributed by atoms with Gasteiger partial charge in [0.2, 0.25) is 0 Å². The van der Waals surface area contributed by atoms with Gasteiger partial charge in [-0.1, -0.05) is 19.3 Å². The largest absolute Gasteiger partial charge is 0.386 e. The van der Waals surface area contributed by atoms with Crippen molar-refractivity contribution in [2.75, 3.05) is 13.2 Å². The second kappa shape index (κ2) is 12.0. The van der Waals surface area contributed by atoms with Crippen molar-refractivity contribution in [1.29, 1.82) is 0 Å². The first-order valence-corrected chi connectivity index (χ1v) is 14.3. The molecule has 1 aliphatic carbocycles. The average Bonchev–Trinajstić information content (AvgIpc) is 3.20. The number of hydrogen-bond acceptors (Lipinski definition) is 4. The third-order valence-corrected chi connectivity index (χ3v) is 7.95. The van der Waals surface area contributed by atoms with Crippen LogP contribution in [0.15, 0.2) is 24.3 Å². The van der Waals surface area contributed by atoms with Crippen molar-refractivity contribution in [3.8, 4) is 11.3 Å². The van der Waals surface area contributed by atoms with Crippen LogP contribution in [0.5, 0.6) is 0 Å². The molecule has 1 saturated heterocycles. The van der Waals surface area contributed by atoms with Gasteiger partial charge in [0.15, 0.2) is 0 Å². The van der Waals surface area contributed by atoms with Gasteiger partial charge in [-0.3, -0.25) is 9.59 Å². The minimum absolute atomic E-state index is 0.00497. The molecule has 0 atom stereocenters. The topological polar surface area (TPSA) is 92.6 Å². The van der Waals surface area contributed by atoms with Gasteiger partial charge in [-0.25, -0.2) is 0 Å². The van der Waals surface area contributed by atoms with E-state index in [1.165, 1.54) is 32.1 Å². The molecule has 2 fully saturated rings. The minimum atomic E-state index is -1.12. The molecule has 3 N–H and O–H groups in total. The lowest BCUT2D eigenvalue weighted by molar-refractivity contribution is 0.0695. The molecule has 1 aromatic carbocycles. The first kappa shape index (κ1) is 28.4. The zero-order valence-electron chi connectivity index (χ0n) is 23.7. The summed E-state index contributed by atoms with van der Waals surface area (Å²) in [7, 11) is 0. The Kier molecular flexibility index (Phi) is 8.99. The summed E-state index contributed by atoms with van der Waals surface area (Å²) in [5, 5.41) is 17.1. The Balaban J connectivity index is 1.78. The SMILES string of the molecule is Cc1c(C(=O)NC2CCOCC2)cc(-c2cc(C(=O)NC(C)C)cc(C(C)(C)O)c2)n1CC1CCCCC1. The van der Waals surface area contributed by atoms with Crippen molar-refractivity contribution in [2.45, 2.75) is 104 Å². The fraction of sp³-hybridized carbons (Fsp3) is 0.613. The van der Waals surface area contributed by atoms with Crippen molar-refractivity contribution in [3.63, 3.8) is 0 Å². The summed E-state index contributed by atoms with van der Waals surface area (Å²) in [4.78, 5) is 26.5. The standard InChI is InChI=1S/C31H45N3O4/c1-20(2)32-29(35)24-15-23(16-25(17-24)31(4,5)37)28-18-27(30(36)33-26-11-13-38-14-12-26)21(3)34(28)19-22-9-7-6-8-10-22/h15-18,20,22,26,37H,6-14,19H2,1-5H3,(H,32,35)(H,33,36). The fourth-order valence-electron chi connectivity index (χ4n) is 5.69. The monoisotopic (exact) mass is 523 g/mol. The molecular formula is C31H45N3O4. The molecule has 0 unspecified atom stereocenters. The average molecular weight is 524 g/mol. The van der Waals surface area contributed by atoms with Crippen molar-refractivity contribution < 1.29 is 19.4 Å². The number of nitrogens with one attached hydrogen (secondary N) is 2. The zero-order chi connectivity index (χ0) is 27.4. The zero-order valence-corrected chi connectivity index (χ0v) is 23.7. The van der Waals surface area contributed by atoms with Gasteiger partial charge in [0.1, 0.15) is 0 Å². The van der Waals surface area contributed by atoms with Gasteiger partial charge < -0.3 is 25.0 Å². The van der Waals surface area contributed by atoms with Gasteiger partial charge in [0.05, 0.1) is 11.2 Å². The summed E-state index contributed by atoms with van der Waals surface area (Å²) in [5.41, 5.74) is 3.41. The van der Waals surface area contributed by atoms with E-state index in [9.17, 15) is 14.7 Å². The molecule has 4 rings (SSSR count). The van der Waals surface area contributed by atoms with E-state index in [-0.39, 0.29) is 23.9 Å². The van der Waals surface area contributed by atoms with Gasteiger partial charge in [-0.15, -0.1) is 0 Å². The van der Waals surface area contributed by atoms with Crippen LogP contribution in [0.1, 0.15) is 105 Å². The molecule has 0 spiro atoms. The number of carbonyl (C=O) groups excluding carboxylic acids is 2. The molecular weight excluding hydrogens is 478 g/mol. The smallest absolute Gasteiger partial charge is 0.253 e. The van der Waals surface area contributed by atoms with Gasteiger partial charge in [-0.05, 0) is 102 Å². The van der Waals surface area contributed by atoms with E-state index < -0.39 is 5.60 Å². The Labute approximate surface area is 227 Å². The number of rotatable bonds is 8. The predicted molar refractivity (Wildman–Crippen MR) is 150 cm³/mol. The summed E-state index contributed by atoms with van der Waals surface area (Å²) in [6.45, 7) is 11.5. The third-order valence-electron chi connectivity index (χ3n) is 7.95. The van der Waals surface area contributed by atoms with Gasteiger partial charge >= 0.3 is 0 Å². The molecule has 0 bridgehead atoms. The second-order valence-corrected chi connectivity index (χ2v) is 12.0. The maximum absolute atomic E-state index is 13.5. The van der Waals surface area contributed by atoms with Crippen LogP contribution in [0.3, 0.4) is 0 Å². The van der Waals surface area contributed by atoms with E-state index in [2.05, 4.69) is 15.2 Å². The highest BCUT2D eigenvalue weighted by molar-refractivity contribution is 5.98. The molecule has 208 valence electrons. The Bertz CT molecular complexity index is 1130. The second-order valence-electron chi connectivity index (χ2n) is 12.0.